The molecule has 0 aromatic heterocycles. The summed E-state index contributed by atoms with van der Waals surface area (Å²) < 4.78 is 5.22. The lowest BCUT2D eigenvalue weighted by atomic mass is 9.97. The predicted molar refractivity (Wildman–Crippen MR) is 90.5 cm³/mol. The molecule has 6 nitrogen and oxygen atoms in total. The van der Waals surface area contributed by atoms with Crippen molar-refractivity contribution in [3.05, 3.63) is 42.5 Å². The van der Waals surface area contributed by atoms with Crippen LogP contribution < -0.4 is 10.1 Å². The molecule has 0 spiro atoms. The first kappa shape index (κ1) is 18.0. The van der Waals surface area contributed by atoms with Gasteiger partial charge in [0.15, 0.2) is 0 Å². The van der Waals surface area contributed by atoms with E-state index < -0.39 is 6.10 Å². The van der Waals surface area contributed by atoms with Crippen molar-refractivity contribution in [1.29, 1.82) is 0 Å². The van der Waals surface area contributed by atoms with Crippen molar-refractivity contribution >= 4 is 11.8 Å². The molecule has 0 aliphatic carbocycles. The third-order valence-corrected chi connectivity index (χ3v) is 4.25. The average molecular weight is 332 g/mol. The van der Waals surface area contributed by atoms with Gasteiger partial charge >= 0.3 is 0 Å². The van der Waals surface area contributed by atoms with Crippen molar-refractivity contribution in [2.24, 2.45) is 5.92 Å². The first-order valence-electron chi connectivity index (χ1n) is 8.06. The quantitative estimate of drug-likeness (QED) is 0.769. The summed E-state index contributed by atoms with van der Waals surface area (Å²) in [5, 5.41) is 13.1. The van der Waals surface area contributed by atoms with E-state index in [0.717, 1.165) is 12.8 Å². The fourth-order valence-corrected chi connectivity index (χ4v) is 2.91. The highest BCUT2D eigenvalue weighted by atomic mass is 16.5. The summed E-state index contributed by atoms with van der Waals surface area (Å²) in [5.74, 6) is 0.0271. The number of hydrogen-bond donors (Lipinski definition) is 2. The Kier molecular flexibility index (Phi) is 6.37. The monoisotopic (exact) mass is 332 g/mol. The largest absolute Gasteiger partial charge is 0.496 e. The molecule has 24 heavy (non-hydrogen) atoms. The Balaban J connectivity index is 1.90. The van der Waals surface area contributed by atoms with E-state index in [1.807, 2.05) is 12.1 Å². The number of hydrogen-bond acceptors (Lipinski definition) is 4. The van der Waals surface area contributed by atoms with E-state index in [9.17, 15) is 14.7 Å². The molecule has 130 valence electrons. The van der Waals surface area contributed by atoms with Gasteiger partial charge in [0.1, 0.15) is 5.75 Å². The van der Waals surface area contributed by atoms with E-state index in [4.69, 9.17) is 4.74 Å². The summed E-state index contributed by atoms with van der Waals surface area (Å²) in [6.45, 7) is 4.62. The van der Waals surface area contributed by atoms with Crippen LogP contribution in [0.1, 0.15) is 24.5 Å². The molecule has 1 aromatic carbocycles. The molecule has 0 bridgehead atoms. The molecule has 1 aliphatic heterocycles. The number of ether oxygens (including phenoxy) is 1. The van der Waals surface area contributed by atoms with Gasteiger partial charge in [-0.3, -0.25) is 9.59 Å². The van der Waals surface area contributed by atoms with Crippen LogP contribution in [0.5, 0.6) is 5.75 Å². The number of methoxy groups -OCH3 is 1. The van der Waals surface area contributed by atoms with Crippen LogP contribution in [-0.4, -0.2) is 48.6 Å². The van der Waals surface area contributed by atoms with Crippen LogP contribution in [0.2, 0.25) is 0 Å². The van der Waals surface area contributed by atoms with E-state index in [1.54, 1.807) is 17.0 Å². The Hall–Kier alpha value is -2.34. The standard InChI is InChI=1S/C18H24N2O4/c1-3-17(22)20-10-6-7-13(12-20)18(23)19-11-15(21)14-8-4-5-9-16(14)24-2/h3-5,8-9,13,15,21H,1,6-7,10-12H2,2H3,(H,19,23). The first-order valence-corrected chi connectivity index (χ1v) is 8.06. The molecule has 2 unspecified atom stereocenters. The second kappa shape index (κ2) is 8.49. The minimum Gasteiger partial charge on any atom is -0.496 e. The number of carbonyl (C=O) groups is 2. The number of aliphatic hydroxyl groups excluding tert-OH is 1. The highest BCUT2D eigenvalue weighted by Gasteiger charge is 2.27. The van der Waals surface area contributed by atoms with E-state index in [2.05, 4.69) is 11.9 Å². The van der Waals surface area contributed by atoms with Crippen LogP contribution in [0.15, 0.2) is 36.9 Å². The number of nitrogens with zero attached hydrogens (tertiary/aromatic N) is 1. The van der Waals surface area contributed by atoms with Gasteiger partial charge < -0.3 is 20.1 Å². The maximum absolute atomic E-state index is 12.3. The zero-order valence-corrected chi connectivity index (χ0v) is 13.9. The second-order valence-electron chi connectivity index (χ2n) is 5.83. The molecule has 2 rings (SSSR count). The molecule has 6 heteroatoms. The number of benzene rings is 1. The number of likely N-dealkylation sites (tertiary alicyclic amines) is 1. The third-order valence-electron chi connectivity index (χ3n) is 4.25. The molecule has 2 N–H and O–H groups in total. The first-order chi connectivity index (χ1) is 11.6. The zero-order chi connectivity index (χ0) is 17.5. The fraction of sp³-hybridized carbons (Fsp3) is 0.444. The molecular weight excluding hydrogens is 308 g/mol. The summed E-state index contributed by atoms with van der Waals surface area (Å²) in [6.07, 6.45) is 1.94. The smallest absolute Gasteiger partial charge is 0.245 e. The highest BCUT2D eigenvalue weighted by Crippen LogP contribution is 2.24. The summed E-state index contributed by atoms with van der Waals surface area (Å²) in [7, 11) is 1.54. The Bertz CT molecular complexity index is 602. The van der Waals surface area contributed by atoms with Crippen LogP contribution in [0, 0.1) is 5.92 Å². The molecule has 1 heterocycles. The van der Waals surface area contributed by atoms with E-state index >= 15 is 0 Å². The lowest BCUT2D eigenvalue weighted by molar-refractivity contribution is -0.132. The van der Waals surface area contributed by atoms with Crippen molar-refractivity contribution in [1.82, 2.24) is 10.2 Å². The minimum absolute atomic E-state index is 0.102. The topological polar surface area (TPSA) is 78.9 Å². The average Bonchev–Trinajstić information content (AvgIpc) is 2.65. The van der Waals surface area contributed by atoms with E-state index in [1.165, 1.54) is 13.2 Å². The Morgan fingerprint density at radius 3 is 2.96 bits per heavy atom. The summed E-state index contributed by atoms with van der Waals surface area (Å²) in [5.41, 5.74) is 0.632. The van der Waals surface area contributed by atoms with Crippen molar-refractivity contribution in [3.63, 3.8) is 0 Å². The number of para-hydroxylation sites is 1. The number of carbonyl (C=O) groups excluding carboxylic acids is 2. The van der Waals surface area contributed by atoms with Gasteiger partial charge in [-0.2, -0.15) is 0 Å². The number of aliphatic hydroxyl groups is 1. The molecule has 0 saturated carbocycles. The lowest BCUT2D eigenvalue weighted by Crippen LogP contribution is -2.45. The van der Waals surface area contributed by atoms with Crippen LogP contribution >= 0.6 is 0 Å². The predicted octanol–water partition coefficient (Wildman–Crippen LogP) is 1.27. The third kappa shape index (κ3) is 4.35. The number of amides is 2. The molecule has 1 saturated heterocycles. The van der Waals surface area contributed by atoms with Crippen molar-refractivity contribution in [3.8, 4) is 5.75 Å². The van der Waals surface area contributed by atoms with Gasteiger partial charge in [-0.25, -0.2) is 0 Å². The van der Waals surface area contributed by atoms with E-state index in [0.29, 0.717) is 24.4 Å². The number of nitrogens with one attached hydrogen (secondary N) is 1. The molecule has 1 fully saturated rings. The number of rotatable bonds is 6. The van der Waals surface area contributed by atoms with Crippen molar-refractivity contribution in [2.75, 3.05) is 26.7 Å². The maximum atomic E-state index is 12.3. The van der Waals surface area contributed by atoms with Gasteiger partial charge in [0.2, 0.25) is 11.8 Å². The van der Waals surface area contributed by atoms with Gasteiger partial charge in [-0.15, -0.1) is 0 Å². The van der Waals surface area contributed by atoms with Crippen LogP contribution in [0.3, 0.4) is 0 Å². The molecule has 2 atom stereocenters. The van der Waals surface area contributed by atoms with Crippen LogP contribution in [0.4, 0.5) is 0 Å². The zero-order valence-electron chi connectivity index (χ0n) is 13.9. The normalized spacial score (nSPS) is 18.6. The fourth-order valence-electron chi connectivity index (χ4n) is 2.91. The SMILES string of the molecule is C=CC(=O)N1CCCC(C(=O)NCC(O)c2ccccc2OC)C1. The molecule has 0 radical (unpaired) electrons. The van der Waals surface area contributed by atoms with Gasteiger partial charge in [-0.05, 0) is 25.0 Å². The number of piperidine rings is 1. The summed E-state index contributed by atoms with van der Waals surface area (Å²) >= 11 is 0. The maximum Gasteiger partial charge on any atom is 0.245 e. The van der Waals surface area contributed by atoms with E-state index in [-0.39, 0.29) is 24.3 Å². The molecule has 1 aliphatic rings. The molecular formula is C18H24N2O4. The summed E-state index contributed by atoms with van der Waals surface area (Å²) in [4.78, 5) is 25.6. The molecule has 1 aromatic rings. The van der Waals surface area contributed by atoms with Crippen molar-refractivity contribution in [2.45, 2.75) is 18.9 Å². The summed E-state index contributed by atoms with van der Waals surface area (Å²) in [6, 6.07) is 7.16. The molecule has 2 amide bonds. The van der Waals surface area contributed by atoms with Crippen LogP contribution in [-0.2, 0) is 9.59 Å². The van der Waals surface area contributed by atoms with Gasteiger partial charge in [-0.1, -0.05) is 24.8 Å². The Labute approximate surface area is 142 Å². The lowest BCUT2D eigenvalue weighted by Gasteiger charge is -2.31. The Morgan fingerprint density at radius 1 is 1.50 bits per heavy atom. The second-order valence-corrected chi connectivity index (χ2v) is 5.83. The highest BCUT2D eigenvalue weighted by molar-refractivity contribution is 5.88. The van der Waals surface area contributed by atoms with Gasteiger partial charge in [0.05, 0.1) is 19.1 Å². The Morgan fingerprint density at radius 2 is 2.25 bits per heavy atom. The van der Waals surface area contributed by atoms with Crippen LogP contribution in [0.25, 0.3) is 0 Å². The van der Waals surface area contributed by atoms with Gasteiger partial charge in [0, 0.05) is 25.2 Å². The van der Waals surface area contributed by atoms with Crippen molar-refractivity contribution < 1.29 is 19.4 Å². The minimum atomic E-state index is -0.848. The van der Waals surface area contributed by atoms with Gasteiger partial charge in [0.25, 0.3) is 0 Å².